The van der Waals surface area contributed by atoms with Crippen LogP contribution in [-0.2, 0) is 11.3 Å². The molecule has 1 aliphatic heterocycles. The Morgan fingerprint density at radius 1 is 1.80 bits per heavy atom. The minimum absolute atomic E-state index is 0.126. The molecule has 0 aliphatic carbocycles. The lowest BCUT2D eigenvalue weighted by Crippen LogP contribution is -2.40. The Kier molecular flexibility index (Phi) is 3.00. The van der Waals surface area contributed by atoms with Crippen LogP contribution in [0.4, 0.5) is 0 Å². The Bertz CT molecular complexity index is 330. The van der Waals surface area contributed by atoms with Crippen molar-refractivity contribution in [2.24, 2.45) is 0 Å². The Morgan fingerprint density at radius 3 is 3.27 bits per heavy atom. The Hall–Kier alpha value is -0.970. The number of nitrogens with one attached hydrogen (secondary N) is 2. The van der Waals surface area contributed by atoms with Crippen molar-refractivity contribution in [2.45, 2.75) is 31.1 Å². The number of carbonyl (C=O) groups is 1. The second-order valence-electron chi connectivity index (χ2n) is 3.90. The van der Waals surface area contributed by atoms with E-state index in [1.165, 1.54) is 0 Å². The highest BCUT2D eigenvalue weighted by molar-refractivity contribution is 8.01. The Labute approximate surface area is 93.2 Å². The quantitative estimate of drug-likeness (QED) is 0.815. The number of aromatic amines is 1. The molecule has 82 valence electrons. The van der Waals surface area contributed by atoms with Crippen LogP contribution < -0.4 is 5.32 Å². The van der Waals surface area contributed by atoms with Gasteiger partial charge in [0.15, 0.2) is 0 Å². The third kappa shape index (κ3) is 2.34. The second-order valence-corrected chi connectivity index (χ2v) is 5.50. The molecule has 2 rings (SSSR count). The van der Waals surface area contributed by atoms with Gasteiger partial charge in [0.2, 0.25) is 5.91 Å². The van der Waals surface area contributed by atoms with Crippen LogP contribution in [0.5, 0.6) is 0 Å². The van der Waals surface area contributed by atoms with E-state index in [1.54, 1.807) is 24.2 Å². The van der Waals surface area contributed by atoms with Crippen LogP contribution in [0.15, 0.2) is 12.4 Å². The molecule has 1 atom stereocenters. The van der Waals surface area contributed by atoms with Gasteiger partial charge in [-0.2, -0.15) is 0 Å². The van der Waals surface area contributed by atoms with Crippen molar-refractivity contribution < 1.29 is 4.79 Å². The maximum Gasteiger partial charge on any atom is 0.236 e. The predicted molar refractivity (Wildman–Crippen MR) is 60.5 cm³/mol. The summed E-state index contributed by atoms with van der Waals surface area (Å²) in [4.78, 5) is 18.9. The van der Waals surface area contributed by atoms with Gasteiger partial charge < -0.3 is 10.3 Å². The van der Waals surface area contributed by atoms with Crippen molar-refractivity contribution >= 4 is 17.7 Å². The monoisotopic (exact) mass is 225 g/mol. The molecule has 1 aliphatic rings. The van der Waals surface area contributed by atoms with E-state index in [2.05, 4.69) is 15.3 Å². The summed E-state index contributed by atoms with van der Waals surface area (Å²) in [6.07, 6.45) is 5.55. The van der Waals surface area contributed by atoms with Crippen molar-refractivity contribution in [3.05, 3.63) is 18.2 Å². The molecule has 1 amide bonds. The van der Waals surface area contributed by atoms with E-state index >= 15 is 0 Å². The van der Waals surface area contributed by atoms with Gasteiger partial charge >= 0.3 is 0 Å². The van der Waals surface area contributed by atoms with E-state index in [-0.39, 0.29) is 10.7 Å². The highest BCUT2D eigenvalue weighted by atomic mass is 32.2. The molecule has 0 aromatic carbocycles. The first-order chi connectivity index (χ1) is 7.21. The van der Waals surface area contributed by atoms with Gasteiger partial charge in [-0.15, -0.1) is 11.8 Å². The van der Waals surface area contributed by atoms with Gasteiger partial charge in [0, 0.05) is 12.4 Å². The summed E-state index contributed by atoms with van der Waals surface area (Å²) in [5.74, 6) is 2.02. The predicted octanol–water partition coefficient (Wildman–Crippen LogP) is 1.31. The number of amides is 1. The van der Waals surface area contributed by atoms with Crippen LogP contribution in [0.1, 0.15) is 25.6 Å². The molecule has 1 aromatic rings. The van der Waals surface area contributed by atoms with Crippen LogP contribution in [0.2, 0.25) is 0 Å². The summed E-state index contributed by atoms with van der Waals surface area (Å²) >= 11 is 1.75. The topological polar surface area (TPSA) is 57.8 Å². The molecule has 1 fully saturated rings. The third-order valence-electron chi connectivity index (χ3n) is 2.67. The number of aromatic nitrogens is 2. The van der Waals surface area contributed by atoms with Crippen molar-refractivity contribution in [2.75, 3.05) is 5.75 Å². The van der Waals surface area contributed by atoms with E-state index in [4.69, 9.17) is 0 Å². The maximum atomic E-state index is 11.9. The molecule has 1 aromatic heterocycles. The molecule has 5 heteroatoms. The SMILES string of the molecule is CC1(C(=O)NCc2ncc[nH]2)CCCS1. The average Bonchev–Trinajstić information content (AvgIpc) is 2.85. The molecule has 0 saturated carbocycles. The highest BCUT2D eigenvalue weighted by Crippen LogP contribution is 2.37. The first kappa shape index (κ1) is 10.5. The number of hydrogen-bond acceptors (Lipinski definition) is 3. The van der Waals surface area contributed by atoms with Crippen molar-refractivity contribution in [3.8, 4) is 0 Å². The van der Waals surface area contributed by atoms with Gasteiger partial charge in [-0.25, -0.2) is 4.98 Å². The molecule has 1 saturated heterocycles. The molecule has 15 heavy (non-hydrogen) atoms. The molecular weight excluding hydrogens is 210 g/mol. The molecule has 4 nitrogen and oxygen atoms in total. The van der Waals surface area contributed by atoms with Gasteiger partial charge in [0.1, 0.15) is 5.82 Å². The number of rotatable bonds is 3. The number of thioether (sulfide) groups is 1. The van der Waals surface area contributed by atoms with Crippen LogP contribution in [0.25, 0.3) is 0 Å². The fraction of sp³-hybridized carbons (Fsp3) is 0.600. The Balaban J connectivity index is 1.87. The fourth-order valence-electron chi connectivity index (χ4n) is 1.70. The summed E-state index contributed by atoms with van der Waals surface area (Å²) in [6, 6.07) is 0. The zero-order valence-corrected chi connectivity index (χ0v) is 9.56. The molecular formula is C10H15N3OS. The summed E-state index contributed by atoms with van der Waals surface area (Å²) in [6.45, 7) is 2.50. The van der Waals surface area contributed by atoms with E-state index in [1.807, 2.05) is 6.92 Å². The smallest absolute Gasteiger partial charge is 0.236 e. The van der Waals surface area contributed by atoms with Crippen LogP contribution in [-0.4, -0.2) is 26.4 Å². The van der Waals surface area contributed by atoms with Crippen LogP contribution >= 0.6 is 11.8 Å². The lowest BCUT2D eigenvalue weighted by molar-refractivity contribution is -0.123. The maximum absolute atomic E-state index is 11.9. The summed E-state index contributed by atoms with van der Waals surface area (Å²) in [5.41, 5.74) is 0. The van der Waals surface area contributed by atoms with Crippen molar-refractivity contribution in [1.29, 1.82) is 0 Å². The van der Waals surface area contributed by atoms with Crippen LogP contribution in [0.3, 0.4) is 0 Å². The van der Waals surface area contributed by atoms with Gasteiger partial charge in [0.05, 0.1) is 11.3 Å². The summed E-state index contributed by atoms with van der Waals surface area (Å²) < 4.78 is -0.230. The number of H-pyrrole nitrogens is 1. The fourth-order valence-corrected chi connectivity index (χ4v) is 2.93. The highest BCUT2D eigenvalue weighted by Gasteiger charge is 2.36. The van der Waals surface area contributed by atoms with Gasteiger partial charge in [0.25, 0.3) is 0 Å². The molecule has 0 bridgehead atoms. The number of nitrogens with zero attached hydrogens (tertiary/aromatic N) is 1. The molecule has 0 radical (unpaired) electrons. The van der Waals surface area contributed by atoms with E-state index in [0.29, 0.717) is 6.54 Å². The minimum Gasteiger partial charge on any atom is -0.348 e. The third-order valence-corrected chi connectivity index (χ3v) is 4.19. The zero-order valence-electron chi connectivity index (χ0n) is 8.75. The summed E-state index contributed by atoms with van der Waals surface area (Å²) in [7, 11) is 0. The average molecular weight is 225 g/mol. The van der Waals surface area contributed by atoms with E-state index in [0.717, 1.165) is 24.4 Å². The first-order valence-electron chi connectivity index (χ1n) is 5.11. The lowest BCUT2D eigenvalue weighted by atomic mass is 10.1. The van der Waals surface area contributed by atoms with E-state index < -0.39 is 0 Å². The summed E-state index contributed by atoms with van der Waals surface area (Å²) in [5, 5.41) is 2.91. The van der Waals surface area contributed by atoms with Gasteiger partial charge in [-0.1, -0.05) is 0 Å². The second kappa shape index (κ2) is 4.26. The lowest BCUT2D eigenvalue weighted by Gasteiger charge is -2.20. The molecule has 2 heterocycles. The number of hydrogen-bond donors (Lipinski definition) is 2. The molecule has 1 unspecified atom stereocenters. The molecule has 0 spiro atoms. The van der Waals surface area contributed by atoms with Gasteiger partial charge in [-0.3, -0.25) is 4.79 Å². The zero-order chi connectivity index (χ0) is 10.7. The van der Waals surface area contributed by atoms with Gasteiger partial charge in [-0.05, 0) is 25.5 Å². The van der Waals surface area contributed by atoms with E-state index in [9.17, 15) is 4.79 Å². The minimum atomic E-state index is -0.230. The number of carbonyl (C=O) groups excluding carboxylic acids is 1. The van der Waals surface area contributed by atoms with Crippen molar-refractivity contribution in [3.63, 3.8) is 0 Å². The largest absolute Gasteiger partial charge is 0.348 e. The van der Waals surface area contributed by atoms with Crippen LogP contribution in [0, 0.1) is 0 Å². The molecule has 2 N–H and O–H groups in total. The first-order valence-corrected chi connectivity index (χ1v) is 6.10. The van der Waals surface area contributed by atoms with Crippen molar-refractivity contribution in [1.82, 2.24) is 15.3 Å². The Morgan fingerprint density at radius 2 is 2.67 bits per heavy atom. The standard InChI is InChI=1S/C10H15N3OS/c1-10(3-2-6-15-10)9(14)13-7-8-11-4-5-12-8/h4-5H,2-3,6-7H2,1H3,(H,11,12)(H,13,14). The number of imidazole rings is 1. The normalized spacial score (nSPS) is 25.4.